The van der Waals surface area contributed by atoms with Crippen LogP contribution < -0.4 is 15.0 Å². The van der Waals surface area contributed by atoms with Gasteiger partial charge in [-0.2, -0.15) is 9.78 Å². The molecule has 0 unspecified atom stereocenters. The van der Waals surface area contributed by atoms with Gasteiger partial charge in [-0.3, -0.25) is 9.59 Å². The van der Waals surface area contributed by atoms with Gasteiger partial charge in [-0.25, -0.2) is 4.98 Å². The monoisotopic (exact) mass is 471 g/mol. The molecule has 0 aliphatic rings. The predicted octanol–water partition coefficient (Wildman–Crippen LogP) is 4.32. The lowest BCUT2D eigenvalue weighted by Gasteiger charge is -2.11. The Bertz CT molecular complexity index is 1170. The van der Waals surface area contributed by atoms with Crippen LogP contribution in [-0.4, -0.2) is 28.5 Å². The summed E-state index contributed by atoms with van der Waals surface area (Å²) in [5.74, 6) is 0.928. The van der Waals surface area contributed by atoms with E-state index in [1.807, 2.05) is 26.0 Å². The minimum absolute atomic E-state index is 0.234. The molecule has 0 spiro atoms. The topological polar surface area (TPSA) is 82.8 Å². The molecule has 0 fully saturated rings. The van der Waals surface area contributed by atoms with Crippen molar-refractivity contribution in [1.29, 1.82) is 0 Å². The zero-order valence-corrected chi connectivity index (χ0v) is 18.6. The zero-order chi connectivity index (χ0) is 21.7. The number of aryl methyl sites for hydroxylation is 1. The first kappa shape index (κ1) is 21.7. The maximum atomic E-state index is 13.0. The van der Waals surface area contributed by atoms with E-state index in [4.69, 9.17) is 9.47 Å². The second-order valence-corrected chi connectivity index (χ2v) is 7.45. The Morgan fingerprint density at radius 2 is 2.00 bits per heavy atom. The summed E-state index contributed by atoms with van der Waals surface area (Å²) in [5.41, 5.74) is 1.10. The SMILES string of the molecule is CCCc1nc2ccc(Br)cc2c(=O)n1N=Cc1ccc(OC(C)=O)c(OCC)c1. The normalized spacial score (nSPS) is 11.2. The molecule has 156 valence electrons. The second kappa shape index (κ2) is 9.67. The summed E-state index contributed by atoms with van der Waals surface area (Å²) in [6, 6.07) is 10.5. The van der Waals surface area contributed by atoms with Gasteiger partial charge in [0, 0.05) is 17.8 Å². The molecule has 0 bridgehead atoms. The van der Waals surface area contributed by atoms with Crippen LogP contribution in [0, 0.1) is 0 Å². The van der Waals surface area contributed by atoms with Crippen molar-refractivity contribution in [2.75, 3.05) is 6.61 Å². The highest BCUT2D eigenvalue weighted by Gasteiger charge is 2.11. The summed E-state index contributed by atoms with van der Waals surface area (Å²) in [6.07, 6.45) is 3.01. The van der Waals surface area contributed by atoms with Gasteiger partial charge in [0.1, 0.15) is 5.82 Å². The van der Waals surface area contributed by atoms with Gasteiger partial charge in [0.2, 0.25) is 0 Å². The molecule has 0 saturated carbocycles. The minimum Gasteiger partial charge on any atom is -0.490 e. The van der Waals surface area contributed by atoms with E-state index in [1.54, 1.807) is 30.5 Å². The van der Waals surface area contributed by atoms with Gasteiger partial charge in [0.25, 0.3) is 5.56 Å². The number of halogens is 1. The maximum Gasteiger partial charge on any atom is 0.308 e. The van der Waals surface area contributed by atoms with E-state index in [9.17, 15) is 9.59 Å². The van der Waals surface area contributed by atoms with Gasteiger partial charge in [-0.05, 0) is 55.3 Å². The third-order valence-electron chi connectivity index (χ3n) is 4.19. The number of hydrogen-bond acceptors (Lipinski definition) is 6. The quantitative estimate of drug-likeness (QED) is 0.291. The second-order valence-electron chi connectivity index (χ2n) is 6.53. The standard InChI is InChI=1S/C22H22BrN3O4/c1-4-6-21-25-18-9-8-16(23)12-17(18)22(28)26(21)24-13-15-7-10-19(30-14(3)27)20(11-15)29-5-2/h7-13H,4-6H2,1-3H3. The number of rotatable bonds is 7. The number of esters is 1. The van der Waals surface area contributed by atoms with E-state index in [0.717, 1.165) is 10.9 Å². The zero-order valence-electron chi connectivity index (χ0n) is 17.0. The molecule has 0 aliphatic heterocycles. The van der Waals surface area contributed by atoms with E-state index >= 15 is 0 Å². The number of hydrogen-bond donors (Lipinski definition) is 0. The number of carbonyl (C=O) groups is 1. The van der Waals surface area contributed by atoms with Crippen LogP contribution in [0.1, 0.15) is 38.6 Å². The maximum absolute atomic E-state index is 13.0. The van der Waals surface area contributed by atoms with Crippen molar-refractivity contribution in [2.45, 2.75) is 33.6 Å². The number of benzene rings is 2. The Labute approximate surface area is 182 Å². The molecule has 30 heavy (non-hydrogen) atoms. The molecule has 1 heterocycles. The average Bonchev–Trinajstić information content (AvgIpc) is 2.70. The van der Waals surface area contributed by atoms with E-state index in [2.05, 4.69) is 26.0 Å². The van der Waals surface area contributed by atoms with Crippen molar-refractivity contribution in [1.82, 2.24) is 9.66 Å². The molecule has 3 rings (SSSR count). The van der Waals surface area contributed by atoms with Crippen molar-refractivity contribution in [3.63, 3.8) is 0 Å². The highest BCUT2D eigenvalue weighted by Crippen LogP contribution is 2.28. The van der Waals surface area contributed by atoms with Crippen molar-refractivity contribution >= 4 is 39.0 Å². The summed E-state index contributed by atoms with van der Waals surface area (Å²) in [4.78, 5) is 28.9. The Kier molecular flexibility index (Phi) is 6.99. The van der Waals surface area contributed by atoms with Crippen LogP contribution in [0.3, 0.4) is 0 Å². The molecule has 7 nitrogen and oxygen atoms in total. The molecule has 0 aliphatic carbocycles. The number of aromatic nitrogens is 2. The van der Waals surface area contributed by atoms with Crippen LogP contribution in [0.5, 0.6) is 11.5 Å². The fourth-order valence-corrected chi connectivity index (χ4v) is 3.30. The number of ether oxygens (including phenoxy) is 2. The Balaban J connectivity index is 2.05. The third-order valence-corrected chi connectivity index (χ3v) is 4.69. The first-order valence-electron chi connectivity index (χ1n) is 9.63. The van der Waals surface area contributed by atoms with Gasteiger partial charge in [-0.1, -0.05) is 22.9 Å². The van der Waals surface area contributed by atoms with Crippen LogP contribution in [0.4, 0.5) is 0 Å². The van der Waals surface area contributed by atoms with E-state index in [-0.39, 0.29) is 5.56 Å². The Morgan fingerprint density at radius 3 is 2.70 bits per heavy atom. The largest absolute Gasteiger partial charge is 0.490 e. The van der Waals surface area contributed by atoms with E-state index in [1.165, 1.54) is 11.6 Å². The van der Waals surface area contributed by atoms with E-state index < -0.39 is 5.97 Å². The van der Waals surface area contributed by atoms with Gasteiger partial charge >= 0.3 is 5.97 Å². The molecule has 0 saturated heterocycles. The van der Waals surface area contributed by atoms with Gasteiger partial charge in [0.15, 0.2) is 11.5 Å². The summed E-state index contributed by atoms with van der Waals surface area (Å²) in [5, 5.41) is 4.89. The number of fused-ring (bicyclic) bond motifs is 1. The lowest BCUT2D eigenvalue weighted by Crippen LogP contribution is -2.22. The van der Waals surface area contributed by atoms with Gasteiger partial charge in [0.05, 0.1) is 23.7 Å². The van der Waals surface area contributed by atoms with Crippen LogP contribution >= 0.6 is 15.9 Å². The van der Waals surface area contributed by atoms with Gasteiger partial charge < -0.3 is 9.47 Å². The first-order valence-corrected chi connectivity index (χ1v) is 10.4. The lowest BCUT2D eigenvalue weighted by molar-refractivity contribution is -0.132. The number of nitrogens with zero attached hydrogens (tertiary/aromatic N) is 3. The summed E-state index contributed by atoms with van der Waals surface area (Å²) in [7, 11) is 0. The first-order chi connectivity index (χ1) is 14.4. The van der Waals surface area contributed by atoms with Crippen LogP contribution in [0.25, 0.3) is 10.9 Å². The molecular formula is C22H22BrN3O4. The molecule has 1 aromatic heterocycles. The average molecular weight is 472 g/mol. The van der Waals surface area contributed by atoms with Crippen LogP contribution in [0.15, 0.2) is 50.8 Å². The smallest absolute Gasteiger partial charge is 0.308 e. The molecule has 3 aromatic rings. The summed E-state index contributed by atoms with van der Waals surface area (Å²) >= 11 is 3.40. The summed E-state index contributed by atoms with van der Waals surface area (Å²) in [6.45, 7) is 5.61. The fourth-order valence-electron chi connectivity index (χ4n) is 2.94. The van der Waals surface area contributed by atoms with Crippen molar-refractivity contribution in [2.24, 2.45) is 5.10 Å². The predicted molar refractivity (Wildman–Crippen MR) is 120 cm³/mol. The molecule has 0 atom stereocenters. The highest BCUT2D eigenvalue weighted by atomic mass is 79.9. The minimum atomic E-state index is -0.429. The van der Waals surface area contributed by atoms with Crippen LogP contribution in [-0.2, 0) is 11.2 Å². The van der Waals surface area contributed by atoms with Gasteiger partial charge in [-0.15, -0.1) is 0 Å². The molecule has 8 heteroatoms. The fraction of sp³-hybridized carbons (Fsp3) is 0.273. The van der Waals surface area contributed by atoms with Crippen LogP contribution in [0.2, 0.25) is 0 Å². The molecule has 2 aromatic carbocycles. The summed E-state index contributed by atoms with van der Waals surface area (Å²) < 4.78 is 12.9. The van der Waals surface area contributed by atoms with Crippen molar-refractivity contribution < 1.29 is 14.3 Å². The highest BCUT2D eigenvalue weighted by molar-refractivity contribution is 9.10. The Hall–Kier alpha value is -3.00. The molecule has 0 amide bonds. The molecular weight excluding hydrogens is 450 g/mol. The molecule has 0 radical (unpaired) electrons. The van der Waals surface area contributed by atoms with E-state index in [0.29, 0.717) is 46.8 Å². The third kappa shape index (κ3) is 4.94. The molecule has 0 N–H and O–H groups in total. The van der Waals surface area contributed by atoms with Crippen molar-refractivity contribution in [3.8, 4) is 11.5 Å². The van der Waals surface area contributed by atoms with Crippen molar-refractivity contribution in [3.05, 3.63) is 62.6 Å². The Morgan fingerprint density at radius 1 is 1.20 bits per heavy atom. The number of carbonyl (C=O) groups excluding carboxylic acids is 1. The lowest BCUT2D eigenvalue weighted by atomic mass is 10.2.